The van der Waals surface area contributed by atoms with E-state index in [1.165, 1.54) is 0 Å². The highest BCUT2D eigenvalue weighted by molar-refractivity contribution is 6.06. The zero-order valence-electron chi connectivity index (χ0n) is 10.5. The molecular weight excluding hydrogens is 270 g/mol. The van der Waals surface area contributed by atoms with Gasteiger partial charge in [-0.05, 0) is 16.5 Å². The Kier molecular flexibility index (Phi) is 1.76. The summed E-state index contributed by atoms with van der Waals surface area (Å²) < 4.78 is 0. The van der Waals surface area contributed by atoms with Crippen molar-refractivity contribution in [2.75, 3.05) is 0 Å². The summed E-state index contributed by atoms with van der Waals surface area (Å²) in [7, 11) is 0. The van der Waals surface area contributed by atoms with Crippen LogP contribution in [-0.4, -0.2) is 10.8 Å². The summed E-state index contributed by atoms with van der Waals surface area (Å²) in [6, 6.07) is 1.87. The molecule has 3 heterocycles. The van der Waals surface area contributed by atoms with Crippen molar-refractivity contribution >= 4 is 34.1 Å². The van der Waals surface area contributed by atoms with Crippen LogP contribution in [0, 0.1) is 0 Å². The minimum absolute atomic E-state index is 0.0122. The number of carbonyl (C=O) groups is 1. The van der Waals surface area contributed by atoms with Crippen LogP contribution in [-0.2, 0) is 0 Å². The molecule has 0 N–H and O–H groups in total. The molecule has 2 aromatic rings. The average Bonchev–Trinajstić information content (AvgIpc) is 3.15. The summed E-state index contributed by atoms with van der Waals surface area (Å²) in [5.41, 5.74) is 2.90. The normalized spacial score (nSPS) is 16.7. The molecule has 2 aliphatic heterocycles. The molecule has 0 bridgehead atoms. The molecule has 0 amide bonds. The third kappa shape index (κ3) is 1.23. The molecule has 0 saturated heterocycles. The summed E-state index contributed by atoms with van der Waals surface area (Å²) >= 11 is 0. The van der Waals surface area contributed by atoms with Gasteiger partial charge in [-0.25, -0.2) is 4.98 Å². The molecule has 0 saturated carbocycles. The number of rotatable bonds is 0. The van der Waals surface area contributed by atoms with E-state index >= 15 is 0 Å². The van der Waals surface area contributed by atoms with Crippen molar-refractivity contribution in [3.05, 3.63) is 34.1 Å². The van der Waals surface area contributed by atoms with Gasteiger partial charge in [0.25, 0.3) is 0 Å². The minimum atomic E-state index is -0.0122. The van der Waals surface area contributed by atoms with Crippen molar-refractivity contribution in [1.82, 2.24) is 4.98 Å². The molecule has 0 atom stereocenters. The van der Waals surface area contributed by atoms with Crippen molar-refractivity contribution in [2.45, 2.75) is 6.42 Å². The molecule has 1 aliphatic carbocycles. The first-order valence-corrected chi connectivity index (χ1v) is 6.31. The molecule has 3 aliphatic rings. The number of aromatic nitrogens is 1. The van der Waals surface area contributed by atoms with Gasteiger partial charge in [0.2, 0.25) is 0 Å². The molecule has 1 aromatic carbocycles. The predicted molar refractivity (Wildman–Crippen MR) is 71.1 cm³/mol. The van der Waals surface area contributed by atoms with Crippen molar-refractivity contribution in [2.24, 2.45) is 30.9 Å². The van der Waals surface area contributed by atoms with Crippen molar-refractivity contribution < 1.29 is 4.79 Å². The average molecular weight is 275 g/mol. The maximum absolute atomic E-state index is 12.0. The lowest BCUT2D eigenvalue weighted by molar-refractivity contribution is 0.0990. The Morgan fingerprint density at radius 3 is 2.62 bits per heavy atom. The van der Waals surface area contributed by atoms with E-state index in [4.69, 9.17) is 0 Å². The van der Waals surface area contributed by atoms with Crippen LogP contribution in [0.3, 0.4) is 0 Å². The topological polar surface area (TPSA) is 104 Å². The van der Waals surface area contributed by atoms with E-state index in [9.17, 15) is 4.79 Å². The minimum Gasteiger partial charge on any atom is -0.292 e. The first kappa shape index (κ1) is 10.6. The molecule has 0 fully saturated rings. The fourth-order valence-electron chi connectivity index (χ4n) is 2.70. The Morgan fingerprint density at radius 1 is 1.00 bits per heavy atom. The van der Waals surface area contributed by atoms with Crippen LogP contribution >= 0.6 is 0 Å². The van der Waals surface area contributed by atoms with Gasteiger partial charge in [0, 0.05) is 17.4 Å². The lowest BCUT2D eigenvalue weighted by Gasteiger charge is -2.10. The quantitative estimate of drug-likeness (QED) is 0.734. The number of allylic oxidation sites excluding steroid dienone is 1. The monoisotopic (exact) mass is 275 g/mol. The van der Waals surface area contributed by atoms with Crippen molar-refractivity contribution in [1.29, 1.82) is 0 Å². The van der Waals surface area contributed by atoms with Gasteiger partial charge in [-0.1, -0.05) is 12.2 Å². The van der Waals surface area contributed by atoms with Gasteiger partial charge in [0.15, 0.2) is 5.78 Å². The van der Waals surface area contributed by atoms with E-state index in [1.54, 1.807) is 0 Å². The van der Waals surface area contributed by atoms with Gasteiger partial charge in [0.1, 0.15) is 33.3 Å². The second kappa shape index (κ2) is 3.48. The Bertz CT molecular complexity index is 1080. The van der Waals surface area contributed by atoms with Gasteiger partial charge >= 0.3 is 0 Å². The summed E-state index contributed by atoms with van der Waals surface area (Å²) in [6.07, 6.45) is 4.07. The molecular formula is C13H5N7O. The van der Waals surface area contributed by atoms with Crippen molar-refractivity contribution in [3.8, 4) is 0 Å². The highest BCUT2D eigenvalue weighted by atomic mass is 16.1. The number of ketones is 1. The number of benzene rings is 1. The van der Waals surface area contributed by atoms with E-state index in [2.05, 4.69) is 35.9 Å². The fourth-order valence-corrected chi connectivity index (χ4v) is 2.70. The molecule has 5 rings (SSSR count). The number of hydrogen-bond donors (Lipinski definition) is 0. The Morgan fingerprint density at radius 2 is 1.76 bits per heavy atom. The standard InChI is InChI=1S/C13H5N7O/c21-7-3-1-2-5-4-6-9(14-8(5)7)11-13(18-20-16-11)12-10(6)15-19-17-12/h1-2,4H,3H2. The van der Waals surface area contributed by atoms with Crippen LogP contribution in [0.5, 0.6) is 0 Å². The van der Waals surface area contributed by atoms with Gasteiger partial charge in [-0.2, -0.15) is 0 Å². The number of hydrogen-bond acceptors (Lipinski definition) is 8. The number of fused-ring (bicyclic) bond motifs is 7. The number of Topliss-reactive ketones (excluding diaryl/α,β-unsaturated/α-hetero) is 1. The van der Waals surface area contributed by atoms with Crippen LogP contribution < -0.4 is 10.7 Å². The SMILES string of the molecule is O=C1CC=Cc2cc3c4c(c5c(c3nc21)N=NN=5)=NN=N4. The van der Waals surface area contributed by atoms with Crippen LogP contribution in [0.15, 0.2) is 43.0 Å². The molecule has 8 heteroatoms. The lowest BCUT2D eigenvalue weighted by atomic mass is 9.98. The maximum Gasteiger partial charge on any atom is 0.185 e. The second-order valence-corrected chi connectivity index (χ2v) is 4.83. The smallest absolute Gasteiger partial charge is 0.185 e. The van der Waals surface area contributed by atoms with Gasteiger partial charge < -0.3 is 0 Å². The van der Waals surface area contributed by atoms with Crippen LogP contribution in [0.25, 0.3) is 17.0 Å². The summed E-state index contributed by atoms with van der Waals surface area (Å²) in [4.78, 5) is 16.5. The predicted octanol–water partition coefficient (Wildman–Crippen LogP) is 2.10. The highest BCUT2D eigenvalue weighted by Crippen LogP contribution is 2.33. The summed E-state index contributed by atoms with van der Waals surface area (Å²) in [6.45, 7) is 0. The third-order valence-electron chi connectivity index (χ3n) is 3.65. The van der Waals surface area contributed by atoms with Crippen molar-refractivity contribution in [3.63, 3.8) is 0 Å². The molecule has 0 radical (unpaired) electrons. The number of pyridine rings is 1. The Balaban J connectivity index is 2.05. The maximum atomic E-state index is 12.0. The molecule has 0 spiro atoms. The molecule has 1 aromatic heterocycles. The van der Waals surface area contributed by atoms with E-state index < -0.39 is 0 Å². The summed E-state index contributed by atoms with van der Waals surface area (Å²) in [5.74, 6) is -0.0122. The number of carbonyl (C=O) groups excluding carboxylic acids is 1. The molecule has 8 nitrogen and oxygen atoms in total. The van der Waals surface area contributed by atoms with E-state index in [0.29, 0.717) is 39.7 Å². The third-order valence-corrected chi connectivity index (χ3v) is 3.65. The number of nitrogens with zero attached hydrogens (tertiary/aromatic N) is 7. The molecule has 21 heavy (non-hydrogen) atoms. The van der Waals surface area contributed by atoms with E-state index in [0.717, 1.165) is 10.9 Å². The lowest BCUT2D eigenvalue weighted by Crippen LogP contribution is -2.24. The van der Waals surface area contributed by atoms with Gasteiger partial charge in [-0.15, -0.1) is 20.4 Å². The zero-order valence-corrected chi connectivity index (χ0v) is 10.5. The Hall–Kier alpha value is -3.16. The van der Waals surface area contributed by atoms with Crippen LogP contribution in [0.2, 0.25) is 0 Å². The van der Waals surface area contributed by atoms with Gasteiger partial charge in [0.05, 0.1) is 0 Å². The first-order valence-electron chi connectivity index (χ1n) is 6.31. The molecule has 98 valence electrons. The van der Waals surface area contributed by atoms with Gasteiger partial charge in [-0.3, -0.25) is 4.79 Å². The Labute approximate surface area is 116 Å². The van der Waals surface area contributed by atoms with Crippen LogP contribution in [0.4, 0.5) is 11.4 Å². The largest absolute Gasteiger partial charge is 0.292 e. The zero-order chi connectivity index (χ0) is 14.0. The highest BCUT2D eigenvalue weighted by Gasteiger charge is 2.23. The summed E-state index contributed by atoms with van der Waals surface area (Å²) in [5, 5.41) is 25.2. The second-order valence-electron chi connectivity index (χ2n) is 4.83. The van der Waals surface area contributed by atoms with Crippen LogP contribution in [0.1, 0.15) is 22.5 Å². The van der Waals surface area contributed by atoms with E-state index in [-0.39, 0.29) is 5.78 Å². The fraction of sp³-hybridized carbons (Fsp3) is 0.0769. The van der Waals surface area contributed by atoms with E-state index in [1.807, 2.05) is 18.2 Å². The first-order chi connectivity index (χ1) is 10.3. The molecule has 0 unspecified atom stereocenters.